The standard InChI is InChI=1S/C10H10ClNOS/c1-6(2)14-10-12-8-4-3-7(11)5-9(8)13-10/h3-6H,1-2H3. The molecule has 0 saturated carbocycles. The average molecular weight is 228 g/mol. The molecule has 0 N–H and O–H groups in total. The van der Waals surface area contributed by atoms with Gasteiger partial charge < -0.3 is 4.42 Å². The minimum atomic E-state index is 0.471. The maximum atomic E-state index is 5.84. The lowest BCUT2D eigenvalue weighted by atomic mass is 10.3. The van der Waals surface area contributed by atoms with Gasteiger partial charge in [0.05, 0.1) is 0 Å². The lowest BCUT2D eigenvalue weighted by molar-refractivity contribution is 0.488. The van der Waals surface area contributed by atoms with Crippen LogP contribution in [0.25, 0.3) is 11.1 Å². The van der Waals surface area contributed by atoms with Crippen molar-refractivity contribution >= 4 is 34.5 Å². The third kappa shape index (κ3) is 2.04. The van der Waals surface area contributed by atoms with Crippen molar-refractivity contribution in [1.29, 1.82) is 0 Å². The molecule has 0 amide bonds. The number of fused-ring (bicyclic) bond motifs is 1. The number of aromatic nitrogens is 1. The molecule has 0 bridgehead atoms. The van der Waals surface area contributed by atoms with E-state index < -0.39 is 0 Å². The fourth-order valence-corrected chi connectivity index (χ4v) is 1.98. The Bertz CT molecular complexity index is 452. The molecule has 14 heavy (non-hydrogen) atoms. The Kier molecular flexibility index (Phi) is 2.70. The van der Waals surface area contributed by atoms with Gasteiger partial charge in [0.2, 0.25) is 0 Å². The zero-order valence-electron chi connectivity index (χ0n) is 7.95. The van der Waals surface area contributed by atoms with Gasteiger partial charge in [-0.05, 0) is 12.1 Å². The quantitative estimate of drug-likeness (QED) is 0.726. The Balaban J connectivity index is 2.41. The van der Waals surface area contributed by atoms with Gasteiger partial charge in [-0.2, -0.15) is 0 Å². The normalized spacial score (nSPS) is 11.4. The third-order valence-corrected chi connectivity index (χ3v) is 2.75. The highest BCUT2D eigenvalue weighted by molar-refractivity contribution is 7.99. The monoisotopic (exact) mass is 227 g/mol. The van der Waals surface area contributed by atoms with Crippen molar-refractivity contribution in [2.75, 3.05) is 0 Å². The van der Waals surface area contributed by atoms with Crippen LogP contribution in [0.1, 0.15) is 13.8 Å². The SMILES string of the molecule is CC(C)Sc1nc2ccc(Cl)cc2o1. The van der Waals surface area contributed by atoms with E-state index >= 15 is 0 Å². The highest BCUT2D eigenvalue weighted by Crippen LogP contribution is 2.27. The van der Waals surface area contributed by atoms with Crippen molar-refractivity contribution in [3.63, 3.8) is 0 Å². The molecule has 0 aliphatic heterocycles. The highest BCUT2D eigenvalue weighted by Gasteiger charge is 2.07. The van der Waals surface area contributed by atoms with Gasteiger partial charge in [-0.3, -0.25) is 0 Å². The number of nitrogens with zero attached hydrogens (tertiary/aromatic N) is 1. The maximum absolute atomic E-state index is 5.84. The van der Waals surface area contributed by atoms with Crippen molar-refractivity contribution in [2.45, 2.75) is 24.3 Å². The van der Waals surface area contributed by atoms with Gasteiger partial charge in [0.15, 0.2) is 5.58 Å². The van der Waals surface area contributed by atoms with E-state index in [-0.39, 0.29) is 0 Å². The number of hydrogen-bond donors (Lipinski definition) is 0. The van der Waals surface area contributed by atoms with Gasteiger partial charge in [0.25, 0.3) is 5.22 Å². The molecule has 0 aliphatic carbocycles. The largest absolute Gasteiger partial charge is 0.431 e. The fraction of sp³-hybridized carbons (Fsp3) is 0.300. The first-order valence-electron chi connectivity index (χ1n) is 4.38. The van der Waals surface area contributed by atoms with Crippen LogP contribution in [0.2, 0.25) is 5.02 Å². The Labute approximate surface area is 91.6 Å². The number of benzene rings is 1. The summed E-state index contributed by atoms with van der Waals surface area (Å²) in [6.07, 6.45) is 0. The van der Waals surface area contributed by atoms with Crippen LogP contribution in [0.3, 0.4) is 0 Å². The number of hydrogen-bond acceptors (Lipinski definition) is 3. The summed E-state index contributed by atoms with van der Waals surface area (Å²) in [6.45, 7) is 4.21. The summed E-state index contributed by atoms with van der Waals surface area (Å²) < 4.78 is 5.53. The van der Waals surface area contributed by atoms with Crippen LogP contribution >= 0.6 is 23.4 Å². The molecule has 0 radical (unpaired) electrons. The second-order valence-electron chi connectivity index (χ2n) is 3.26. The maximum Gasteiger partial charge on any atom is 0.256 e. The van der Waals surface area contributed by atoms with Crippen LogP contribution in [-0.4, -0.2) is 10.2 Å². The number of thioether (sulfide) groups is 1. The summed E-state index contributed by atoms with van der Waals surface area (Å²) >= 11 is 7.45. The van der Waals surface area contributed by atoms with Crippen molar-refractivity contribution in [1.82, 2.24) is 4.98 Å². The van der Waals surface area contributed by atoms with Crippen LogP contribution in [0.15, 0.2) is 27.8 Å². The molecule has 0 unspecified atom stereocenters. The molecule has 0 saturated heterocycles. The third-order valence-electron chi connectivity index (χ3n) is 1.67. The van der Waals surface area contributed by atoms with E-state index in [1.165, 1.54) is 0 Å². The molecule has 0 atom stereocenters. The van der Waals surface area contributed by atoms with Crippen molar-refractivity contribution in [3.05, 3.63) is 23.2 Å². The van der Waals surface area contributed by atoms with Gasteiger partial charge >= 0.3 is 0 Å². The molecule has 1 heterocycles. The zero-order valence-corrected chi connectivity index (χ0v) is 9.52. The topological polar surface area (TPSA) is 26.0 Å². The van der Waals surface area contributed by atoms with E-state index in [1.807, 2.05) is 12.1 Å². The van der Waals surface area contributed by atoms with E-state index in [9.17, 15) is 0 Å². The smallest absolute Gasteiger partial charge is 0.256 e. The summed E-state index contributed by atoms with van der Waals surface area (Å²) in [4.78, 5) is 4.33. The molecular formula is C10H10ClNOS. The molecular weight excluding hydrogens is 218 g/mol. The van der Waals surface area contributed by atoms with E-state index in [0.717, 1.165) is 11.1 Å². The predicted octanol–water partition coefficient (Wildman–Crippen LogP) is 3.98. The molecule has 0 spiro atoms. The minimum Gasteiger partial charge on any atom is -0.431 e. The van der Waals surface area contributed by atoms with Crippen LogP contribution in [0, 0.1) is 0 Å². The fourth-order valence-electron chi connectivity index (χ4n) is 1.13. The molecule has 2 nitrogen and oxygen atoms in total. The molecule has 1 aromatic carbocycles. The Morgan fingerprint density at radius 1 is 1.43 bits per heavy atom. The van der Waals surface area contributed by atoms with E-state index in [2.05, 4.69) is 18.8 Å². The Hall–Kier alpha value is -0.670. The van der Waals surface area contributed by atoms with Crippen LogP contribution in [-0.2, 0) is 0 Å². The van der Waals surface area contributed by atoms with E-state index in [1.54, 1.807) is 17.8 Å². The average Bonchev–Trinajstić information content (AvgIpc) is 2.44. The molecule has 1 aromatic heterocycles. The number of halogens is 1. The van der Waals surface area contributed by atoms with Gasteiger partial charge in [-0.15, -0.1) is 0 Å². The molecule has 74 valence electrons. The molecule has 2 rings (SSSR count). The first-order chi connectivity index (χ1) is 6.65. The summed E-state index contributed by atoms with van der Waals surface area (Å²) in [5.41, 5.74) is 1.61. The second-order valence-corrected chi connectivity index (χ2v) is 5.22. The Morgan fingerprint density at radius 2 is 2.21 bits per heavy atom. The molecule has 2 aromatic rings. The van der Waals surface area contributed by atoms with Crippen LogP contribution in [0.5, 0.6) is 0 Å². The lowest BCUT2D eigenvalue weighted by Gasteiger charge is -1.96. The first kappa shape index (κ1) is 9.87. The number of rotatable bonds is 2. The summed E-state index contributed by atoms with van der Waals surface area (Å²) in [6, 6.07) is 5.47. The molecule has 4 heteroatoms. The molecule has 0 aliphatic rings. The van der Waals surface area contributed by atoms with Crippen LogP contribution in [0.4, 0.5) is 0 Å². The zero-order chi connectivity index (χ0) is 10.1. The Morgan fingerprint density at radius 3 is 2.93 bits per heavy atom. The summed E-state index contributed by atoms with van der Waals surface area (Å²) in [5.74, 6) is 0. The van der Waals surface area contributed by atoms with Crippen LogP contribution < -0.4 is 0 Å². The van der Waals surface area contributed by atoms with Gasteiger partial charge in [0.1, 0.15) is 5.52 Å². The van der Waals surface area contributed by atoms with Gasteiger partial charge in [0, 0.05) is 16.3 Å². The van der Waals surface area contributed by atoms with Crippen molar-refractivity contribution in [2.24, 2.45) is 0 Å². The van der Waals surface area contributed by atoms with Gasteiger partial charge in [-0.25, -0.2) is 4.98 Å². The second kappa shape index (κ2) is 3.83. The van der Waals surface area contributed by atoms with Gasteiger partial charge in [-0.1, -0.05) is 37.2 Å². The highest BCUT2D eigenvalue weighted by atomic mass is 35.5. The predicted molar refractivity (Wildman–Crippen MR) is 60.0 cm³/mol. The summed E-state index contributed by atoms with van der Waals surface area (Å²) in [5, 5.41) is 1.85. The van der Waals surface area contributed by atoms with Crippen molar-refractivity contribution in [3.8, 4) is 0 Å². The lowest BCUT2D eigenvalue weighted by Crippen LogP contribution is -1.84. The molecule has 0 fully saturated rings. The minimum absolute atomic E-state index is 0.471. The van der Waals surface area contributed by atoms with E-state index in [4.69, 9.17) is 16.0 Å². The first-order valence-corrected chi connectivity index (χ1v) is 5.63. The number of oxazole rings is 1. The summed E-state index contributed by atoms with van der Waals surface area (Å²) in [7, 11) is 0. The van der Waals surface area contributed by atoms with Crippen molar-refractivity contribution < 1.29 is 4.42 Å². The van der Waals surface area contributed by atoms with E-state index in [0.29, 0.717) is 15.5 Å².